The number of amides is 2. The Hall–Kier alpha value is -2.53. The third-order valence-corrected chi connectivity index (χ3v) is 4.65. The molecule has 0 saturated carbocycles. The lowest BCUT2D eigenvalue weighted by Crippen LogP contribution is -2.53. The molecule has 1 atom stereocenters. The monoisotopic (exact) mass is 416 g/mol. The molecule has 2 amide bonds. The molecule has 0 heterocycles. The fourth-order valence-electron chi connectivity index (χ4n) is 2.83. The third kappa shape index (κ3) is 7.42. The number of hydrogen-bond donors (Lipinski definition) is 1. The molecular weight excluding hydrogens is 388 g/mol. The number of carbonyl (C=O) groups is 2. The number of rotatable bonds is 8. The molecule has 0 saturated heterocycles. The van der Waals surface area contributed by atoms with Gasteiger partial charge < -0.3 is 15.0 Å². The van der Waals surface area contributed by atoms with Crippen molar-refractivity contribution in [1.82, 2.24) is 10.2 Å². The summed E-state index contributed by atoms with van der Waals surface area (Å²) < 4.78 is 5.61. The van der Waals surface area contributed by atoms with Crippen LogP contribution in [0.5, 0.6) is 5.75 Å². The van der Waals surface area contributed by atoms with Crippen LogP contribution in [0.15, 0.2) is 54.6 Å². The van der Waals surface area contributed by atoms with Crippen molar-refractivity contribution in [2.24, 2.45) is 0 Å². The number of nitrogens with one attached hydrogen (secondary N) is 1. The SMILES string of the molecule is C[C@@H](C(=O)NC(C)(C)C)N(CCc1ccccc1)C(=O)COc1ccccc1Cl. The summed E-state index contributed by atoms with van der Waals surface area (Å²) in [6, 6.07) is 16.2. The quantitative estimate of drug-likeness (QED) is 0.705. The van der Waals surface area contributed by atoms with Gasteiger partial charge in [-0.1, -0.05) is 54.1 Å². The first-order valence-corrected chi connectivity index (χ1v) is 10.1. The van der Waals surface area contributed by atoms with E-state index in [1.165, 1.54) is 0 Å². The van der Waals surface area contributed by atoms with Gasteiger partial charge in [-0.05, 0) is 51.8 Å². The maximum atomic E-state index is 12.9. The lowest BCUT2D eigenvalue weighted by atomic mass is 10.1. The predicted molar refractivity (Wildman–Crippen MR) is 116 cm³/mol. The van der Waals surface area contributed by atoms with E-state index in [9.17, 15) is 9.59 Å². The van der Waals surface area contributed by atoms with Crippen LogP contribution in [0, 0.1) is 0 Å². The van der Waals surface area contributed by atoms with E-state index < -0.39 is 6.04 Å². The predicted octanol–water partition coefficient (Wildman–Crippen LogP) is 4.09. The van der Waals surface area contributed by atoms with Crippen LogP contribution in [0.3, 0.4) is 0 Å². The standard InChI is InChI=1S/C23H29ClN2O3/c1-17(22(28)25-23(2,3)4)26(15-14-18-10-6-5-7-11-18)21(27)16-29-20-13-9-8-12-19(20)24/h5-13,17H,14-16H2,1-4H3,(H,25,28)/t17-/m0/s1. The van der Waals surface area contributed by atoms with Crippen molar-refractivity contribution in [3.63, 3.8) is 0 Å². The van der Waals surface area contributed by atoms with E-state index in [1.807, 2.05) is 51.1 Å². The molecule has 0 unspecified atom stereocenters. The number of benzene rings is 2. The van der Waals surface area contributed by atoms with Gasteiger partial charge >= 0.3 is 0 Å². The second kappa shape index (κ2) is 10.3. The molecular formula is C23H29ClN2O3. The topological polar surface area (TPSA) is 58.6 Å². The zero-order chi connectivity index (χ0) is 21.4. The first-order valence-electron chi connectivity index (χ1n) is 9.70. The Balaban J connectivity index is 2.10. The van der Waals surface area contributed by atoms with E-state index in [0.29, 0.717) is 23.7 Å². The maximum absolute atomic E-state index is 12.9. The van der Waals surface area contributed by atoms with Crippen LogP contribution in [0.2, 0.25) is 5.02 Å². The fourth-order valence-corrected chi connectivity index (χ4v) is 3.02. The normalized spacial score (nSPS) is 12.2. The molecule has 0 aromatic heterocycles. The summed E-state index contributed by atoms with van der Waals surface area (Å²) in [6.45, 7) is 7.69. The number of halogens is 1. The van der Waals surface area contributed by atoms with Crippen LogP contribution in [0.4, 0.5) is 0 Å². The van der Waals surface area contributed by atoms with Gasteiger partial charge in [-0.2, -0.15) is 0 Å². The van der Waals surface area contributed by atoms with Crippen LogP contribution >= 0.6 is 11.6 Å². The molecule has 2 aromatic carbocycles. The molecule has 0 fully saturated rings. The van der Waals surface area contributed by atoms with E-state index in [2.05, 4.69) is 5.32 Å². The van der Waals surface area contributed by atoms with E-state index in [1.54, 1.807) is 36.1 Å². The summed E-state index contributed by atoms with van der Waals surface area (Å²) in [6.07, 6.45) is 0.645. The summed E-state index contributed by atoms with van der Waals surface area (Å²) in [5.41, 5.74) is 0.717. The summed E-state index contributed by atoms with van der Waals surface area (Å²) in [5.74, 6) is -0.0219. The summed E-state index contributed by atoms with van der Waals surface area (Å²) >= 11 is 6.10. The zero-order valence-electron chi connectivity index (χ0n) is 17.4. The Morgan fingerprint density at radius 1 is 1.07 bits per heavy atom. The van der Waals surface area contributed by atoms with E-state index in [-0.39, 0.29) is 24.0 Å². The molecule has 2 rings (SSSR count). The van der Waals surface area contributed by atoms with Crippen molar-refractivity contribution in [3.8, 4) is 5.75 Å². The maximum Gasteiger partial charge on any atom is 0.261 e. The average Bonchev–Trinajstić information content (AvgIpc) is 2.66. The molecule has 0 aliphatic heterocycles. The van der Waals surface area contributed by atoms with Crippen molar-refractivity contribution in [2.45, 2.75) is 45.7 Å². The number of nitrogens with zero attached hydrogens (tertiary/aromatic N) is 1. The van der Waals surface area contributed by atoms with Gasteiger partial charge in [0, 0.05) is 12.1 Å². The van der Waals surface area contributed by atoms with Gasteiger partial charge in [0.05, 0.1) is 5.02 Å². The van der Waals surface area contributed by atoms with Crippen molar-refractivity contribution in [3.05, 3.63) is 65.2 Å². The highest BCUT2D eigenvalue weighted by Crippen LogP contribution is 2.23. The summed E-state index contributed by atoms with van der Waals surface area (Å²) in [7, 11) is 0. The molecule has 1 N–H and O–H groups in total. The van der Waals surface area contributed by atoms with Crippen molar-refractivity contribution >= 4 is 23.4 Å². The Bertz CT molecular complexity index is 818. The highest BCUT2D eigenvalue weighted by Gasteiger charge is 2.28. The third-order valence-electron chi connectivity index (χ3n) is 4.34. The van der Waals surface area contributed by atoms with Crippen LogP contribution in [-0.4, -0.2) is 41.4 Å². The van der Waals surface area contributed by atoms with Crippen molar-refractivity contribution in [1.29, 1.82) is 0 Å². The smallest absolute Gasteiger partial charge is 0.261 e. The highest BCUT2D eigenvalue weighted by molar-refractivity contribution is 6.32. The van der Waals surface area contributed by atoms with Gasteiger partial charge in [0.1, 0.15) is 11.8 Å². The lowest BCUT2D eigenvalue weighted by molar-refractivity contribution is -0.142. The first kappa shape index (κ1) is 22.8. The molecule has 0 radical (unpaired) electrons. The number of carbonyl (C=O) groups excluding carboxylic acids is 2. The van der Waals surface area contributed by atoms with E-state index in [0.717, 1.165) is 5.56 Å². The summed E-state index contributed by atoms with van der Waals surface area (Å²) in [4.78, 5) is 27.2. The lowest BCUT2D eigenvalue weighted by Gasteiger charge is -2.31. The van der Waals surface area contributed by atoms with E-state index in [4.69, 9.17) is 16.3 Å². The number of para-hydroxylation sites is 1. The molecule has 0 aliphatic rings. The zero-order valence-corrected chi connectivity index (χ0v) is 18.2. The Morgan fingerprint density at radius 3 is 2.31 bits per heavy atom. The summed E-state index contributed by atoms with van der Waals surface area (Å²) in [5, 5.41) is 3.38. The van der Waals surface area contributed by atoms with Crippen LogP contribution in [-0.2, 0) is 16.0 Å². The largest absolute Gasteiger partial charge is 0.482 e. The molecule has 5 nitrogen and oxygen atoms in total. The van der Waals surface area contributed by atoms with Gasteiger partial charge in [-0.15, -0.1) is 0 Å². The Kier molecular flexibility index (Phi) is 8.09. The fraction of sp³-hybridized carbons (Fsp3) is 0.391. The number of hydrogen-bond acceptors (Lipinski definition) is 3. The van der Waals surface area contributed by atoms with Crippen molar-refractivity contribution in [2.75, 3.05) is 13.2 Å². The molecule has 0 bridgehead atoms. The molecule has 0 spiro atoms. The van der Waals surface area contributed by atoms with Gasteiger partial charge in [-0.25, -0.2) is 0 Å². The molecule has 0 aliphatic carbocycles. The Labute approximate surface area is 178 Å². The average molecular weight is 417 g/mol. The minimum absolute atomic E-state index is 0.189. The van der Waals surface area contributed by atoms with Crippen LogP contribution in [0.25, 0.3) is 0 Å². The van der Waals surface area contributed by atoms with Crippen molar-refractivity contribution < 1.29 is 14.3 Å². The van der Waals surface area contributed by atoms with Crippen LogP contribution < -0.4 is 10.1 Å². The minimum atomic E-state index is -0.625. The van der Waals surface area contributed by atoms with Gasteiger partial charge in [-0.3, -0.25) is 9.59 Å². The highest BCUT2D eigenvalue weighted by atomic mass is 35.5. The molecule has 29 heavy (non-hydrogen) atoms. The molecule has 156 valence electrons. The molecule has 2 aromatic rings. The second-order valence-electron chi connectivity index (χ2n) is 7.96. The van der Waals surface area contributed by atoms with Crippen LogP contribution in [0.1, 0.15) is 33.3 Å². The van der Waals surface area contributed by atoms with Gasteiger partial charge in [0.25, 0.3) is 5.91 Å². The van der Waals surface area contributed by atoms with Gasteiger partial charge in [0.2, 0.25) is 5.91 Å². The van der Waals surface area contributed by atoms with Gasteiger partial charge in [0.15, 0.2) is 6.61 Å². The molecule has 6 heteroatoms. The Morgan fingerprint density at radius 2 is 1.69 bits per heavy atom. The van der Waals surface area contributed by atoms with E-state index >= 15 is 0 Å². The second-order valence-corrected chi connectivity index (χ2v) is 8.36. The number of ether oxygens (including phenoxy) is 1. The minimum Gasteiger partial charge on any atom is -0.482 e. The first-order chi connectivity index (χ1) is 13.7.